The average Bonchev–Trinajstić information content (AvgIpc) is 2.37. The first kappa shape index (κ1) is 15.6. The molecule has 0 saturated carbocycles. The molecule has 0 fully saturated rings. The van der Waals surface area contributed by atoms with Crippen molar-refractivity contribution in [3.05, 3.63) is 29.8 Å². The Morgan fingerprint density at radius 1 is 1.40 bits per heavy atom. The van der Waals surface area contributed by atoms with E-state index in [2.05, 4.69) is 16.6 Å². The van der Waals surface area contributed by atoms with E-state index in [9.17, 15) is 9.59 Å². The zero-order chi connectivity index (χ0) is 15.1. The molecule has 1 rings (SSSR count). The second-order valence-corrected chi connectivity index (χ2v) is 4.84. The van der Waals surface area contributed by atoms with Crippen molar-refractivity contribution in [3.8, 4) is 12.3 Å². The van der Waals surface area contributed by atoms with Crippen molar-refractivity contribution in [2.75, 3.05) is 5.32 Å². The van der Waals surface area contributed by atoms with Crippen LogP contribution in [0.4, 0.5) is 10.5 Å². The first-order valence-corrected chi connectivity index (χ1v) is 6.29. The highest BCUT2D eigenvalue weighted by Gasteiger charge is 2.20. The van der Waals surface area contributed by atoms with Gasteiger partial charge in [0.1, 0.15) is 6.04 Å². The van der Waals surface area contributed by atoms with Crippen LogP contribution in [-0.2, 0) is 4.79 Å². The number of nitrogens with one attached hydrogen (secondary N) is 2. The number of amides is 2. The fourth-order valence-corrected chi connectivity index (χ4v) is 1.71. The van der Waals surface area contributed by atoms with Gasteiger partial charge in [-0.2, -0.15) is 0 Å². The van der Waals surface area contributed by atoms with Crippen LogP contribution in [0.1, 0.15) is 25.8 Å². The lowest BCUT2D eigenvalue weighted by Crippen LogP contribution is -2.43. The van der Waals surface area contributed by atoms with Gasteiger partial charge in [0.2, 0.25) is 0 Å². The third-order valence-electron chi connectivity index (χ3n) is 2.60. The minimum absolute atomic E-state index is 0.168. The quantitative estimate of drug-likeness (QED) is 0.721. The summed E-state index contributed by atoms with van der Waals surface area (Å²) in [6.45, 7) is 3.79. The Hall–Kier alpha value is -2.48. The molecule has 106 valence electrons. The van der Waals surface area contributed by atoms with Gasteiger partial charge in [0, 0.05) is 11.3 Å². The molecule has 1 atom stereocenters. The molecule has 5 nitrogen and oxygen atoms in total. The van der Waals surface area contributed by atoms with Gasteiger partial charge in [0.15, 0.2) is 0 Å². The normalized spacial score (nSPS) is 11.5. The van der Waals surface area contributed by atoms with Gasteiger partial charge in [-0.25, -0.2) is 9.59 Å². The van der Waals surface area contributed by atoms with Crippen LogP contribution >= 0.6 is 0 Å². The molecule has 0 spiro atoms. The van der Waals surface area contributed by atoms with Gasteiger partial charge in [-0.3, -0.25) is 0 Å². The molecule has 0 bridgehead atoms. The molecule has 0 heterocycles. The number of hydrogen-bond donors (Lipinski definition) is 3. The maximum atomic E-state index is 11.8. The predicted molar refractivity (Wildman–Crippen MR) is 77.4 cm³/mol. The van der Waals surface area contributed by atoms with Crippen LogP contribution in [0.2, 0.25) is 0 Å². The second-order valence-electron chi connectivity index (χ2n) is 4.84. The molecule has 0 saturated heterocycles. The molecule has 0 unspecified atom stereocenters. The summed E-state index contributed by atoms with van der Waals surface area (Å²) in [5, 5.41) is 14.0. The van der Waals surface area contributed by atoms with Gasteiger partial charge in [-0.1, -0.05) is 25.8 Å². The van der Waals surface area contributed by atoms with Crippen molar-refractivity contribution in [3.63, 3.8) is 0 Å². The summed E-state index contributed by atoms with van der Waals surface area (Å²) in [6.07, 6.45) is 5.64. The van der Waals surface area contributed by atoms with Crippen molar-refractivity contribution in [2.45, 2.75) is 26.3 Å². The largest absolute Gasteiger partial charge is 0.480 e. The second kappa shape index (κ2) is 7.19. The number of rotatable bonds is 5. The zero-order valence-corrected chi connectivity index (χ0v) is 11.5. The first-order valence-electron chi connectivity index (χ1n) is 6.29. The van der Waals surface area contributed by atoms with E-state index < -0.39 is 18.0 Å². The van der Waals surface area contributed by atoms with Crippen LogP contribution in [0.15, 0.2) is 24.3 Å². The number of carbonyl (C=O) groups is 2. The van der Waals surface area contributed by atoms with Gasteiger partial charge in [0.25, 0.3) is 0 Å². The lowest BCUT2D eigenvalue weighted by atomic mass is 10.0. The van der Waals surface area contributed by atoms with E-state index in [1.807, 2.05) is 13.8 Å². The summed E-state index contributed by atoms with van der Waals surface area (Å²) in [5.41, 5.74) is 1.16. The molecule has 5 heteroatoms. The van der Waals surface area contributed by atoms with Gasteiger partial charge in [-0.05, 0) is 30.5 Å². The monoisotopic (exact) mass is 274 g/mol. The average molecular weight is 274 g/mol. The molecule has 1 aromatic rings. The van der Waals surface area contributed by atoms with Crippen LogP contribution in [-0.4, -0.2) is 23.1 Å². The van der Waals surface area contributed by atoms with E-state index in [0.717, 1.165) is 0 Å². The molecular weight excluding hydrogens is 256 g/mol. The maximum absolute atomic E-state index is 11.8. The van der Waals surface area contributed by atoms with E-state index in [1.165, 1.54) is 0 Å². The fraction of sp³-hybridized carbons (Fsp3) is 0.333. The van der Waals surface area contributed by atoms with Crippen molar-refractivity contribution >= 4 is 17.7 Å². The summed E-state index contributed by atoms with van der Waals surface area (Å²) < 4.78 is 0. The van der Waals surface area contributed by atoms with Gasteiger partial charge >= 0.3 is 12.0 Å². The number of carboxylic acid groups (broad SMARTS) is 1. The molecule has 0 aliphatic carbocycles. The zero-order valence-electron chi connectivity index (χ0n) is 11.5. The molecule has 2 amide bonds. The van der Waals surface area contributed by atoms with Crippen molar-refractivity contribution in [2.24, 2.45) is 5.92 Å². The number of carboxylic acids is 1. The SMILES string of the molecule is C#Cc1cccc(NC(=O)N[C@H](CC(C)C)C(=O)O)c1. The number of benzene rings is 1. The van der Waals surface area contributed by atoms with Crippen LogP contribution in [0.3, 0.4) is 0 Å². The Kier molecular flexibility index (Phi) is 5.60. The molecule has 1 aromatic carbocycles. The summed E-state index contributed by atoms with van der Waals surface area (Å²) >= 11 is 0. The Balaban J connectivity index is 2.66. The van der Waals surface area contributed by atoms with Crippen molar-refractivity contribution < 1.29 is 14.7 Å². The lowest BCUT2D eigenvalue weighted by Gasteiger charge is -2.17. The highest BCUT2D eigenvalue weighted by Crippen LogP contribution is 2.10. The van der Waals surface area contributed by atoms with Crippen molar-refractivity contribution in [1.82, 2.24) is 5.32 Å². The third kappa shape index (κ3) is 5.02. The molecule has 20 heavy (non-hydrogen) atoms. The van der Waals surface area contributed by atoms with E-state index in [-0.39, 0.29) is 5.92 Å². The predicted octanol–water partition coefficient (Wildman–Crippen LogP) is 2.29. The number of hydrogen-bond acceptors (Lipinski definition) is 2. The maximum Gasteiger partial charge on any atom is 0.326 e. The van der Waals surface area contributed by atoms with E-state index in [0.29, 0.717) is 17.7 Å². The Bertz CT molecular complexity index is 532. The lowest BCUT2D eigenvalue weighted by molar-refractivity contribution is -0.139. The van der Waals surface area contributed by atoms with E-state index >= 15 is 0 Å². The Labute approximate surface area is 118 Å². The fourth-order valence-electron chi connectivity index (χ4n) is 1.71. The topological polar surface area (TPSA) is 78.4 Å². The van der Waals surface area contributed by atoms with Gasteiger partial charge in [-0.15, -0.1) is 6.42 Å². The number of terminal acetylenes is 1. The number of anilines is 1. The smallest absolute Gasteiger partial charge is 0.326 e. The van der Waals surface area contributed by atoms with Crippen LogP contribution in [0, 0.1) is 18.3 Å². The minimum atomic E-state index is -1.05. The van der Waals surface area contributed by atoms with E-state index in [4.69, 9.17) is 11.5 Å². The molecule has 3 N–H and O–H groups in total. The highest BCUT2D eigenvalue weighted by molar-refractivity contribution is 5.92. The Morgan fingerprint density at radius 2 is 2.10 bits per heavy atom. The standard InChI is InChI=1S/C15H18N2O3/c1-4-11-6-5-7-12(9-11)16-15(20)17-13(14(18)19)8-10(2)3/h1,5-7,9-10,13H,8H2,2-3H3,(H,18,19)(H2,16,17,20)/t13-/m1/s1. The highest BCUT2D eigenvalue weighted by atomic mass is 16.4. The van der Waals surface area contributed by atoms with Gasteiger partial charge in [0.05, 0.1) is 0 Å². The van der Waals surface area contributed by atoms with Crippen LogP contribution in [0.25, 0.3) is 0 Å². The molecule has 0 aliphatic rings. The van der Waals surface area contributed by atoms with Crippen molar-refractivity contribution in [1.29, 1.82) is 0 Å². The number of urea groups is 1. The molecule has 0 aromatic heterocycles. The minimum Gasteiger partial charge on any atom is -0.480 e. The van der Waals surface area contributed by atoms with Crippen LogP contribution in [0.5, 0.6) is 0 Å². The molecule has 0 aliphatic heterocycles. The van der Waals surface area contributed by atoms with Gasteiger partial charge < -0.3 is 15.7 Å². The van der Waals surface area contributed by atoms with Crippen LogP contribution < -0.4 is 10.6 Å². The summed E-state index contributed by atoms with van der Waals surface area (Å²) in [6, 6.07) is 5.30. The summed E-state index contributed by atoms with van der Waals surface area (Å²) in [7, 11) is 0. The number of carbonyl (C=O) groups excluding carboxylic acids is 1. The third-order valence-corrected chi connectivity index (χ3v) is 2.60. The molecular formula is C15H18N2O3. The molecule has 0 radical (unpaired) electrons. The summed E-state index contributed by atoms with van der Waals surface area (Å²) in [4.78, 5) is 22.8. The number of aliphatic carboxylic acids is 1. The van der Waals surface area contributed by atoms with E-state index in [1.54, 1.807) is 24.3 Å². The Morgan fingerprint density at radius 3 is 2.65 bits per heavy atom. The first-order chi connectivity index (χ1) is 9.42. The summed E-state index contributed by atoms with van der Waals surface area (Å²) in [5.74, 6) is 1.58.